The largest absolute Gasteiger partial charge is 0.483 e. The molecule has 0 radical (unpaired) electrons. The standard InChI is InChI=1S/C22H23NO3/c1-17-10-11-18(2)21(13-17)26-16-22(24)23(15-20-9-6-12-25-20)14-19-7-4-3-5-8-19/h3-13H,14-16H2,1-2H3. The Balaban J connectivity index is 1.70. The third kappa shape index (κ3) is 4.76. The molecule has 0 aliphatic carbocycles. The maximum absolute atomic E-state index is 12.8. The van der Waals surface area contributed by atoms with Crippen molar-refractivity contribution in [2.24, 2.45) is 0 Å². The molecule has 0 aliphatic heterocycles. The molecule has 0 spiro atoms. The minimum absolute atomic E-state index is 0.00215. The molecule has 26 heavy (non-hydrogen) atoms. The summed E-state index contributed by atoms with van der Waals surface area (Å²) in [6, 6.07) is 19.6. The highest BCUT2D eigenvalue weighted by Gasteiger charge is 2.17. The van der Waals surface area contributed by atoms with Crippen LogP contribution in [0.3, 0.4) is 0 Å². The molecule has 0 fully saturated rings. The smallest absolute Gasteiger partial charge is 0.261 e. The number of benzene rings is 2. The van der Waals surface area contributed by atoms with E-state index in [9.17, 15) is 4.79 Å². The van der Waals surface area contributed by atoms with Crippen molar-refractivity contribution in [1.82, 2.24) is 4.90 Å². The molecule has 0 saturated carbocycles. The van der Waals surface area contributed by atoms with E-state index in [0.29, 0.717) is 13.1 Å². The van der Waals surface area contributed by atoms with Crippen LogP contribution >= 0.6 is 0 Å². The molecule has 1 heterocycles. The van der Waals surface area contributed by atoms with E-state index in [0.717, 1.165) is 28.2 Å². The average molecular weight is 349 g/mol. The topological polar surface area (TPSA) is 42.7 Å². The number of hydrogen-bond donors (Lipinski definition) is 0. The van der Waals surface area contributed by atoms with Gasteiger partial charge in [-0.1, -0.05) is 42.5 Å². The average Bonchev–Trinajstić information content (AvgIpc) is 3.15. The lowest BCUT2D eigenvalue weighted by Crippen LogP contribution is -2.34. The van der Waals surface area contributed by atoms with E-state index < -0.39 is 0 Å². The number of hydrogen-bond acceptors (Lipinski definition) is 3. The van der Waals surface area contributed by atoms with E-state index in [4.69, 9.17) is 9.15 Å². The highest BCUT2D eigenvalue weighted by molar-refractivity contribution is 5.77. The van der Waals surface area contributed by atoms with Crippen LogP contribution in [0.4, 0.5) is 0 Å². The Morgan fingerprint density at radius 1 is 1.00 bits per heavy atom. The lowest BCUT2D eigenvalue weighted by Gasteiger charge is -2.22. The number of amides is 1. The summed E-state index contributed by atoms with van der Waals surface area (Å²) in [4.78, 5) is 14.6. The first-order valence-electron chi connectivity index (χ1n) is 8.66. The highest BCUT2D eigenvalue weighted by atomic mass is 16.5. The molecule has 4 nitrogen and oxygen atoms in total. The molecule has 134 valence electrons. The van der Waals surface area contributed by atoms with Crippen molar-refractivity contribution in [3.8, 4) is 5.75 Å². The first kappa shape index (κ1) is 17.8. The Morgan fingerprint density at radius 3 is 2.54 bits per heavy atom. The Labute approximate surface area is 154 Å². The second kappa shape index (κ2) is 8.39. The van der Waals surface area contributed by atoms with Crippen molar-refractivity contribution in [2.75, 3.05) is 6.61 Å². The first-order chi connectivity index (χ1) is 12.6. The van der Waals surface area contributed by atoms with E-state index in [1.54, 1.807) is 11.2 Å². The lowest BCUT2D eigenvalue weighted by atomic mass is 10.1. The van der Waals surface area contributed by atoms with Crippen molar-refractivity contribution < 1.29 is 13.9 Å². The number of carbonyl (C=O) groups is 1. The molecule has 0 unspecified atom stereocenters. The Kier molecular flexibility index (Phi) is 5.74. The maximum atomic E-state index is 12.8. The van der Waals surface area contributed by atoms with E-state index in [1.165, 1.54) is 0 Å². The summed E-state index contributed by atoms with van der Waals surface area (Å²) in [5.74, 6) is 1.42. The zero-order valence-electron chi connectivity index (χ0n) is 15.1. The third-order valence-corrected chi connectivity index (χ3v) is 4.19. The van der Waals surface area contributed by atoms with Crippen LogP contribution in [0.1, 0.15) is 22.5 Å². The monoisotopic (exact) mass is 349 g/mol. The van der Waals surface area contributed by atoms with Crippen molar-refractivity contribution in [2.45, 2.75) is 26.9 Å². The molecule has 3 rings (SSSR count). The van der Waals surface area contributed by atoms with Gasteiger partial charge in [-0.05, 0) is 48.7 Å². The fourth-order valence-electron chi connectivity index (χ4n) is 2.72. The van der Waals surface area contributed by atoms with Crippen molar-refractivity contribution in [1.29, 1.82) is 0 Å². The molecule has 0 saturated heterocycles. The molecule has 0 N–H and O–H groups in total. The van der Waals surface area contributed by atoms with Gasteiger partial charge in [0.25, 0.3) is 5.91 Å². The summed E-state index contributed by atoms with van der Waals surface area (Å²) in [5.41, 5.74) is 3.19. The van der Waals surface area contributed by atoms with Gasteiger partial charge in [0.2, 0.25) is 0 Å². The minimum atomic E-state index is -0.0776. The maximum Gasteiger partial charge on any atom is 0.261 e. The van der Waals surface area contributed by atoms with Gasteiger partial charge in [0.05, 0.1) is 12.8 Å². The van der Waals surface area contributed by atoms with Crippen molar-refractivity contribution in [3.05, 3.63) is 89.4 Å². The fraction of sp³-hybridized carbons (Fsp3) is 0.227. The predicted octanol–water partition coefficient (Wildman–Crippen LogP) is 4.50. The van der Waals surface area contributed by atoms with Crippen LogP contribution in [-0.2, 0) is 17.9 Å². The normalized spacial score (nSPS) is 10.5. The number of nitrogens with zero attached hydrogens (tertiary/aromatic N) is 1. The van der Waals surface area contributed by atoms with Crippen LogP contribution in [0.25, 0.3) is 0 Å². The third-order valence-electron chi connectivity index (χ3n) is 4.19. The number of rotatable bonds is 7. The number of carbonyl (C=O) groups excluding carboxylic acids is 1. The van der Waals surface area contributed by atoms with E-state index in [2.05, 4.69) is 0 Å². The molecular formula is C22H23NO3. The van der Waals surface area contributed by atoms with Gasteiger partial charge >= 0.3 is 0 Å². The molecule has 0 aliphatic rings. The summed E-state index contributed by atoms with van der Waals surface area (Å²) in [6.45, 7) is 4.90. The summed E-state index contributed by atoms with van der Waals surface area (Å²) in [5, 5.41) is 0. The molecule has 1 amide bonds. The van der Waals surface area contributed by atoms with Crippen molar-refractivity contribution >= 4 is 5.91 Å². The molecule has 3 aromatic rings. The second-order valence-electron chi connectivity index (χ2n) is 6.37. The first-order valence-corrected chi connectivity index (χ1v) is 8.66. The van der Waals surface area contributed by atoms with Gasteiger partial charge in [0, 0.05) is 6.54 Å². The fourth-order valence-corrected chi connectivity index (χ4v) is 2.72. The molecular weight excluding hydrogens is 326 g/mol. The Bertz CT molecular complexity index is 841. The summed E-state index contributed by atoms with van der Waals surface area (Å²) in [6.07, 6.45) is 1.62. The Morgan fingerprint density at radius 2 is 1.81 bits per heavy atom. The summed E-state index contributed by atoms with van der Waals surface area (Å²) >= 11 is 0. The van der Waals surface area contributed by atoms with E-state index in [-0.39, 0.29) is 12.5 Å². The zero-order valence-corrected chi connectivity index (χ0v) is 15.1. The van der Waals surface area contributed by atoms with Gasteiger partial charge in [0.1, 0.15) is 11.5 Å². The summed E-state index contributed by atoms with van der Waals surface area (Å²) in [7, 11) is 0. The van der Waals surface area contributed by atoms with Crippen LogP contribution < -0.4 is 4.74 Å². The second-order valence-corrected chi connectivity index (χ2v) is 6.37. The molecule has 2 aromatic carbocycles. The van der Waals surface area contributed by atoms with Gasteiger partial charge in [-0.2, -0.15) is 0 Å². The van der Waals surface area contributed by atoms with Crippen LogP contribution in [0.2, 0.25) is 0 Å². The number of aryl methyl sites for hydroxylation is 2. The highest BCUT2D eigenvalue weighted by Crippen LogP contribution is 2.19. The molecule has 1 aromatic heterocycles. The quantitative estimate of drug-likeness (QED) is 0.630. The molecule has 4 heteroatoms. The van der Waals surface area contributed by atoms with Gasteiger partial charge in [-0.3, -0.25) is 4.79 Å². The van der Waals surface area contributed by atoms with Crippen LogP contribution in [0.15, 0.2) is 71.3 Å². The van der Waals surface area contributed by atoms with E-state index in [1.807, 2.05) is 74.5 Å². The lowest BCUT2D eigenvalue weighted by molar-refractivity contribution is -0.134. The van der Waals surface area contributed by atoms with E-state index >= 15 is 0 Å². The van der Waals surface area contributed by atoms with Crippen LogP contribution in [0, 0.1) is 13.8 Å². The Hall–Kier alpha value is -3.01. The van der Waals surface area contributed by atoms with Gasteiger partial charge in [-0.25, -0.2) is 0 Å². The molecule has 0 bridgehead atoms. The minimum Gasteiger partial charge on any atom is -0.483 e. The van der Waals surface area contributed by atoms with Gasteiger partial charge in [-0.15, -0.1) is 0 Å². The number of ether oxygens (including phenoxy) is 1. The van der Waals surface area contributed by atoms with Crippen molar-refractivity contribution in [3.63, 3.8) is 0 Å². The zero-order chi connectivity index (χ0) is 18.4. The molecule has 0 atom stereocenters. The van der Waals surface area contributed by atoms with Gasteiger partial charge < -0.3 is 14.1 Å². The van der Waals surface area contributed by atoms with Gasteiger partial charge in [0.15, 0.2) is 6.61 Å². The number of furan rings is 1. The van der Waals surface area contributed by atoms with Crippen LogP contribution in [-0.4, -0.2) is 17.4 Å². The SMILES string of the molecule is Cc1ccc(C)c(OCC(=O)N(Cc2ccccc2)Cc2ccco2)c1. The summed E-state index contributed by atoms with van der Waals surface area (Å²) < 4.78 is 11.2. The van der Waals surface area contributed by atoms with Crippen LogP contribution in [0.5, 0.6) is 5.75 Å². The predicted molar refractivity (Wildman–Crippen MR) is 101 cm³/mol.